The fraction of sp³-hybridized carbons (Fsp3) is 0.444. The summed E-state index contributed by atoms with van der Waals surface area (Å²) in [6, 6.07) is 10.0. The average Bonchev–Trinajstić information content (AvgIpc) is 3.02. The van der Waals surface area contributed by atoms with Crippen LogP contribution in [0, 0.1) is 0 Å². The Morgan fingerprint density at radius 2 is 1.57 bits per heavy atom. The van der Waals surface area contributed by atoms with Crippen LogP contribution >= 0.6 is 0 Å². The quantitative estimate of drug-likeness (QED) is 0.851. The van der Waals surface area contributed by atoms with Crippen LogP contribution in [0.4, 0.5) is 5.69 Å². The summed E-state index contributed by atoms with van der Waals surface area (Å²) in [7, 11) is 0. The van der Waals surface area contributed by atoms with E-state index in [0.29, 0.717) is 26.2 Å². The van der Waals surface area contributed by atoms with Gasteiger partial charge in [-0.05, 0) is 25.0 Å². The minimum absolute atomic E-state index is 0.113. The number of aromatic nitrogens is 2. The third-order valence-electron chi connectivity index (χ3n) is 4.34. The van der Waals surface area contributed by atoms with Crippen molar-refractivity contribution in [2.24, 2.45) is 0 Å². The highest BCUT2D eigenvalue weighted by Crippen LogP contribution is 2.25. The van der Waals surface area contributed by atoms with Crippen LogP contribution in [0.25, 0.3) is 0 Å². The Morgan fingerprint density at radius 3 is 2.22 bits per heavy atom. The number of para-hydroxylation sites is 1. The molecule has 0 atom stereocenters. The molecule has 1 aromatic heterocycles. The van der Waals surface area contributed by atoms with Crippen molar-refractivity contribution in [1.82, 2.24) is 9.13 Å². The Bertz CT molecular complexity index is 805. The molecule has 0 fully saturated rings. The maximum Gasteiger partial charge on any atom is 0.331 e. The lowest BCUT2D eigenvalue weighted by molar-refractivity contribution is 0.524. The van der Waals surface area contributed by atoms with E-state index in [1.165, 1.54) is 4.57 Å². The van der Waals surface area contributed by atoms with Crippen molar-refractivity contribution >= 4 is 5.69 Å². The van der Waals surface area contributed by atoms with E-state index < -0.39 is 0 Å². The van der Waals surface area contributed by atoms with Crippen LogP contribution in [0.2, 0.25) is 0 Å². The second-order valence-corrected chi connectivity index (χ2v) is 6.01. The Balaban J connectivity index is 2.10. The summed E-state index contributed by atoms with van der Waals surface area (Å²) in [6.07, 6.45) is 1.66. The summed E-state index contributed by atoms with van der Waals surface area (Å²) in [5, 5.41) is 0. The number of anilines is 1. The highest BCUT2D eigenvalue weighted by atomic mass is 16.2. The van der Waals surface area contributed by atoms with E-state index in [9.17, 15) is 9.59 Å². The Kier molecular flexibility index (Phi) is 4.37. The molecule has 0 bridgehead atoms. The number of fused-ring (bicyclic) bond motifs is 1. The fourth-order valence-electron chi connectivity index (χ4n) is 3.26. The van der Waals surface area contributed by atoms with Gasteiger partial charge in [-0.1, -0.05) is 32.0 Å². The zero-order valence-electron chi connectivity index (χ0n) is 13.8. The summed E-state index contributed by atoms with van der Waals surface area (Å²) in [5.74, 6) is 0. The number of benzene rings is 1. The molecule has 122 valence electrons. The standard InChI is InChI=1S/C18H23N3O2/c1-3-10-20-16-13-19(14-8-6-5-7-9-14)12-15(16)17(22)21(11-4-2)18(20)23/h5-9H,3-4,10-13H2,1-2H3. The Morgan fingerprint density at radius 1 is 0.913 bits per heavy atom. The minimum atomic E-state index is -0.160. The monoisotopic (exact) mass is 313 g/mol. The van der Waals surface area contributed by atoms with Crippen molar-refractivity contribution in [2.75, 3.05) is 4.90 Å². The van der Waals surface area contributed by atoms with E-state index in [2.05, 4.69) is 11.8 Å². The van der Waals surface area contributed by atoms with Gasteiger partial charge in [-0.2, -0.15) is 0 Å². The molecule has 23 heavy (non-hydrogen) atoms. The summed E-state index contributed by atoms with van der Waals surface area (Å²) in [5.41, 5.74) is 2.47. The molecule has 0 N–H and O–H groups in total. The SMILES string of the molecule is CCCn1c2c(c(=O)n(CCC)c1=O)CN(c1ccccc1)C2. The molecule has 2 aromatic rings. The van der Waals surface area contributed by atoms with Gasteiger partial charge in [0.15, 0.2) is 0 Å². The molecular weight excluding hydrogens is 290 g/mol. The van der Waals surface area contributed by atoms with Crippen LogP contribution in [0.1, 0.15) is 37.9 Å². The molecule has 0 saturated carbocycles. The molecule has 0 radical (unpaired) electrons. The van der Waals surface area contributed by atoms with Gasteiger partial charge in [-0.15, -0.1) is 0 Å². The third-order valence-corrected chi connectivity index (χ3v) is 4.34. The number of rotatable bonds is 5. The molecule has 0 unspecified atom stereocenters. The molecule has 1 aliphatic heterocycles. The van der Waals surface area contributed by atoms with Crippen molar-refractivity contribution in [3.05, 3.63) is 62.4 Å². The van der Waals surface area contributed by atoms with Crippen molar-refractivity contribution in [3.8, 4) is 0 Å². The molecular formula is C18H23N3O2. The second kappa shape index (κ2) is 6.44. The lowest BCUT2D eigenvalue weighted by atomic mass is 10.2. The van der Waals surface area contributed by atoms with E-state index in [1.54, 1.807) is 4.57 Å². The van der Waals surface area contributed by atoms with E-state index in [4.69, 9.17) is 0 Å². The van der Waals surface area contributed by atoms with Gasteiger partial charge in [0.05, 0.1) is 24.3 Å². The van der Waals surface area contributed by atoms with Crippen LogP contribution in [0.15, 0.2) is 39.9 Å². The number of nitrogens with zero attached hydrogens (tertiary/aromatic N) is 3. The number of hydrogen-bond acceptors (Lipinski definition) is 3. The smallest absolute Gasteiger partial charge is 0.331 e. The van der Waals surface area contributed by atoms with Crippen molar-refractivity contribution in [3.63, 3.8) is 0 Å². The van der Waals surface area contributed by atoms with E-state index in [0.717, 1.165) is 29.8 Å². The second-order valence-electron chi connectivity index (χ2n) is 6.01. The molecule has 0 amide bonds. The van der Waals surface area contributed by atoms with Gasteiger partial charge >= 0.3 is 5.69 Å². The molecule has 1 aromatic carbocycles. The van der Waals surface area contributed by atoms with Crippen molar-refractivity contribution in [2.45, 2.75) is 52.9 Å². The first-order valence-corrected chi connectivity index (χ1v) is 8.32. The van der Waals surface area contributed by atoms with Crippen LogP contribution in [-0.4, -0.2) is 9.13 Å². The Labute approximate surface area is 135 Å². The topological polar surface area (TPSA) is 47.2 Å². The van der Waals surface area contributed by atoms with E-state index in [-0.39, 0.29) is 11.2 Å². The van der Waals surface area contributed by atoms with E-state index in [1.807, 2.05) is 37.3 Å². The molecule has 1 aliphatic rings. The fourth-order valence-corrected chi connectivity index (χ4v) is 3.26. The lowest BCUT2D eigenvalue weighted by Crippen LogP contribution is -2.42. The molecule has 3 rings (SSSR count). The first-order valence-electron chi connectivity index (χ1n) is 8.32. The molecule has 5 nitrogen and oxygen atoms in total. The van der Waals surface area contributed by atoms with Gasteiger partial charge < -0.3 is 4.90 Å². The Hall–Kier alpha value is -2.30. The maximum atomic E-state index is 12.7. The molecule has 5 heteroatoms. The molecule has 0 spiro atoms. The van der Waals surface area contributed by atoms with Gasteiger partial charge in [0.2, 0.25) is 0 Å². The molecule has 0 saturated heterocycles. The molecule has 2 heterocycles. The predicted octanol–water partition coefficient (Wildman–Crippen LogP) is 2.35. The van der Waals surface area contributed by atoms with Gasteiger partial charge in [0.1, 0.15) is 0 Å². The maximum absolute atomic E-state index is 12.7. The minimum Gasteiger partial charge on any atom is -0.361 e. The van der Waals surface area contributed by atoms with E-state index >= 15 is 0 Å². The summed E-state index contributed by atoms with van der Waals surface area (Å²) in [6.45, 7) is 6.38. The van der Waals surface area contributed by atoms with Gasteiger partial charge in [-0.25, -0.2) is 4.79 Å². The van der Waals surface area contributed by atoms with Crippen LogP contribution in [0.3, 0.4) is 0 Å². The van der Waals surface area contributed by atoms with Crippen molar-refractivity contribution in [1.29, 1.82) is 0 Å². The first-order chi connectivity index (χ1) is 11.2. The predicted molar refractivity (Wildman–Crippen MR) is 91.9 cm³/mol. The van der Waals surface area contributed by atoms with Crippen LogP contribution < -0.4 is 16.1 Å². The zero-order chi connectivity index (χ0) is 16.4. The molecule has 0 aliphatic carbocycles. The van der Waals surface area contributed by atoms with Crippen LogP contribution in [-0.2, 0) is 26.2 Å². The third kappa shape index (κ3) is 2.71. The average molecular weight is 313 g/mol. The van der Waals surface area contributed by atoms with Gasteiger partial charge in [0, 0.05) is 18.8 Å². The van der Waals surface area contributed by atoms with Gasteiger partial charge in [0.25, 0.3) is 5.56 Å². The summed E-state index contributed by atoms with van der Waals surface area (Å²) >= 11 is 0. The largest absolute Gasteiger partial charge is 0.361 e. The lowest BCUT2D eigenvalue weighted by Gasteiger charge is -2.17. The zero-order valence-corrected chi connectivity index (χ0v) is 13.8. The normalized spacial score (nSPS) is 13.4. The highest BCUT2D eigenvalue weighted by molar-refractivity contribution is 5.50. The summed E-state index contributed by atoms with van der Waals surface area (Å²) < 4.78 is 3.21. The highest BCUT2D eigenvalue weighted by Gasteiger charge is 2.27. The van der Waals surface area contributed by atoms with Crippen molar-refractivity contribution < 1.29 is 0 Å². The number of hydrogen-bond donors (Lipinski definition) is 0. The van der Waals surface area contributed by atoms with Gasteiger partial charge in [-0.3, -0.25) is 13.9 Å². The summed E-state index contributed by atoms with van der Waals surface area (Å²) in [4.78, 5) is 27.6. The first kappa shape index (κ1) is 15.6. The van der Waals surface area contributed by atoms with Crippen LogP contribution in [0.5, 0.6) is 0 Å².